The summed E-state index contributed by atoms with van der Waals surface area (Å²) >= 11 is 1.63. The van der Waals surface area contributed by atoms with E-state index >= 15 is 0 Å². The highest BCUT2D eigenvalue weighted by Crippen LogP contribution is 2.50. The highest BCUT2D eigenvalue weighted by atomic mass is 32.1. The predicted molar refractivity (Wildman–Crippen MR) is 116 cm³/mol. The molecule has 0 aliphatic carbocycles. The Morgan fingerprint density at radius 1 is 1.12 bits per heavy atom. The molecule has 1 fully saturated rings. The number of rotatable bonds is 3. The van der Waals surface area contributed by atoms with Crippen LogP contribution in [0.15, 0.2) is 63.9 Å². The van der Waals surface area contributed by atoms with Crippen molar-refractivity contribution in [3.05, 3.63) is 70.8 Å². The molecule has 33 heavy (non-hydrogen) atoms. The summed E-state index contributed by atoms with van der Waals surface area (Å²) in [6.45, 7) is 2.61. The number of carboxylic acid groups (broad SMARTS) is 1. The lowest BCUT2D eigenvalue weighted by Gasteiger charge is -2.38. The molecule has 0 unspecified atom stereocenters. The number of amides is 1. The zero-order chi connectivity index (χ0) is 23.6. The fraction of sp³-hybridized carbons (Fsp3) is 0.304. The van der Waals surface area contributed by atoms with E-state index in [4.69, 9.17) is 14.3 Å². The van der Waals surface area contributed by atoms with Crippen molar-refractivity contribution in [2.75, 3.05) is 18.0 Å². The molecule has 10 heteroatoms. The lowest BCUT2D eigenvalue weighted by molar-refractivity contribution is -0.192. The van der Waals surface area contributed by atoms with Crippen LogP contribution in [-0.4, -0.2) is 41.1 Å². The summed E-state index contributed by atoms with van der Waals surface area (Å²) in [5.41, 5.74) is 2.84. The third kappa shape index (κ3) is 4.53. The Bertz CT molecular complexity index is 1110. The van der Waals surface area contributed by atoms with Crippen LogP contribution in [0.1, 0.15) is 24.2 Å². The molecule has 4 heterocycles. The number of likely N-dealkylation sites (tertiary alicyclic amines) is 1. The number of benzene rings is 1. The quantitative estimate of drug-likeness (QED) is 0.561. The average Bonchev–Trinajstić information content (AvgIpc) is 3.52. The zero-order valence-electron chi connectivity index (χ0n) is 17.4. The van der Waals surface area contributed by atoms with Gasteiger partial charge in [0.25, 0.3) is 0 Å². The van der Waals surface area contributed by atoms with E-state index in [1.807, 2.05) is 34.5 Å². The molecule has 2 aliphatic rings. The molecule has 0 radical (unpaired) electrons. The maximum Gasteiger partial charge on any atom is 0.490 e. The third-order valence-electron chi connectivity index (χ3n) is 5.95. The van der Waals surface area contributed by atoms with E-state index in [1.54, 1.807) is 17.6 Å². The van der Waals surface area contributed by atoms with Gasteiger partial charge in [-0.1, -0.05) is 18.2 Å². The van der Waals surface area contributed by atoms with Crippen LogP contribution in [0.4, 0.5) is 24.5 Å². The number of anilines is 2. The predicted octanol–water partition coefficient (Wildman–Crippen LogP) is 5.19. The second kappa shape index (κ2) is 9.03. The molecule has 1 spiro atoms. The summed E-state index contributed by atoms with van der Waals surface area (Å²) in [4.78, 5) is 26.8. The summed E-state index contributed by atoms with van der Waals surface area (Å²) in [7, 11) is 0. The minimum absolute atomic E-state index is 0.231. The van der Waals surface area contributed by atoms with Crippen LogP contribution < -0.4 is 4.90 Å². The molecule has 1 N–H and O–H groups in total. The second-order valence-corrected chi connectivity index (χ2v) is 8.66. The fourth-order valence-corrected chi connectivity index (χ4v) is 4.97. The summed E-state index contributed by atoms with van der Waals surface area (Å²) in [6, 6.07) is 14.3. The largest absolute Gasteiger partial charge is 0.490 e. The van der Waals surface area contributed by atoms with E-state index in [1.165, 1.54) is 5.56 Å². The average molecular weight is 478 g/mol. The van der Waals surface area contributed by atoms with Gasteiger partial charge in [-0.2, -0.15) is 24.5 Å². The van der Waals surface area contributed by atoms with Crippen molar-refractivity contribution in [2.45, 2.75) is 31.0 Å². The summed E-state index contributed by atoms with van der Waals surface area (Å²) in [5, 5.41) is 11.2. The van der Waals surface area contributed by atoms with Crippen molar-refractivity contribution < 1.29 is 32.3 Å². The molecule has 2 aliphatic heterocycles. The van der Waals surface area contributed by atoms with Gasteiger partial charge in [0.15, 0.2) is 0 Å². The Morgan fingerprint density at radius 3 is 2.39 bits per heavy atom. The molecule has 3 aromatic rings. The molecule has 0 saturated carbocycles. The number of para-hydroxylation sites is 1. The van der Waals surface area contributed by atoms with Gasteiger partial charge in [-0.15, -0.1) is 0 Å². The van der Waals surface area contributed by atoms with Gasteiger partial charge in [0, 0.05) is 5.38 Å². The van der Waals surface area contributed by atoms with Crippen LogP contribution in [0.2, 0.25) is 0 Å². The van der Waals surface area contributed by atoms with Crippen LogP contribution in [-0.2, 0) is 21.5 Å². The van der Waals surface area contributed by atoms with Gasteiger partial charge in [-0.25, -0.2) is 4.79 Å². The van der Waals surface area contributed by atoms with Crippen molar-refractivity contribution in [1.29, 1.82) is 0 Å². The number of carboxylic acids is 1. The summed E-state index contributed by atoms with van der Waals surface area (Å²) in [6.07, 6.45) is -1.66. The molecule has 174 valence electrons. The number of carbonyl (C=O) groups excluding carboxylic acids is 1. The van der Waals surface area contributed by atoms with E-state index < -0.39 is 17.6 Å². The maximum absolute atomic E-state index is 13.6. The fourth-order valence-electron chi connectivity index (χ4n) is 4.35. The van der Waals surface area contributed by atoms with E-state index in [0.29, 0.717) is 0 Å². The smallest absolute Gasteiger partial charge is 0.475 e. The minimum atomic E-state index is -5.08. The topological polar surface area (TPSA) is 74.0 Å². The van der Waals surface area contributed by atoms with Crippen molar-refractivity contribution in [3.63, 3.8) is 0 Å². The first kappa shape index (κ1) is 23.1. The van der Waals surface area contributed by atoms with Gasteiger partial charge < -0.3 is 9.52 Å². The van der Waals surface area contributed by atoms with Crippen LogP contribution in [0.25, 0.3) is 0 Å². The van der Waals surface area contributed by atoms with Crippen molar-refractivity contribution in [2.24, 2.45) is 0 Å². The number of nitrogens with zero attached hydrogens (tertiary/aromatic N) is 2. The standard InChI is InChI=1S/C21H20N2O2S.C2HF3O2/c24-20-21(8-10-22(11-9-21)14-17-4-3-12-25-17)18-5-1-2-6-19(18)23(20)16-7-13-26-15-16;3-2(4,5)1(6)7/h1-7,12-13,15H,8-11,14H2;(H,6,7). The van der Waals surface area contributed by atoms with Crippen LogP contribution >= 0.6 is 11.3 Å². The molecule has 6 nitrogen and oxygen atoms in total. The molecular formula is C23H21F3N2O4S. The number of piperidine rings is 1. The van der Waals surface area contributed by atoms with Gasteiger partial charge in [0.05, 0.1) is 29.6 Å². The first-order chi connectivity index (χ1) is 15.7. The number of hydrogen-bond donors (Lipinski definition) is 1. The number of hydrogen-bond acceptors (Lipinski definition) is 5. The number of aliphatic carboxylic acids is 1. The number of thiophene rings is 1. The van der Waals surface area contributed by atoms with Crippen LogP contribution in [0.3, 0.4) is 0 Å². The lowest BCUT2D eigenvalue weighted by Crippen LogP contribution is -2.47. The van der Waals surface area contributed by atoms with E-state index in [9.17, 15) is 18.0 Å². The molecule has 5 rings (SSSR count). The second-order valence-electron chi connectivity index (χ2n) is 7.88. The van der Waals surface area contributed by atoms with Crippen molar-refractivity contribution in [3.8, 4) is 0 Å². The monoisotopic (exact) mass is 478 g/mol. The van der Waals surface area contributed by atoms with E-state index in [0.717, 1.165) is 49.6 Å². The zero-order valence-corrected chi connectivity index (χ0v) is 18.2. The highest BCUT2D eigenvalue weighted by molar-refractivity contribution is 7.08. The number of furan rings is 1. The highest BCUT2D eigenvalue weighted by Gasteiger charge is 2.52. The molecule has 0 bridgehead atoms. The number of fused-ring (bicyclic) bond motifs is 2. The normalized spacial score (nSPS) is 17.5. The van der Waals surface area contributed by atoms with Gasteiger partial charge in [-0.05, 0) is 61.1 Å². The number of carbonyl (C=O) groups is 2. The van der Waals surface area contributed by atoms with Crippen molar-refractivity contribution >= 4 is 34.6 Å². The SMILES string of the molecule is O=C(O)C(F)(F)F.O=C1N(c2ccsc2)c2ccccc2C12CCN(Cc1ccco1)CC2. The maximum atomic E-state index is 13.6. The van der Waals surface area contributed by atoms with Gasteiger partial charge in [-0.3, -0.25) is 14.6 Å². The first-order valence-electron chi connectivity index (χ1n) is 10.2. The minimum Gasteiger partial charge on any atom is -0.475 e. The Kier molecular flexibility index (Phi) is 6.31. The number of alkyl halides is 3. The van der Waals surface area contributed by atoms with Crippen molar-refractivity contribution in [1.82, 2.24) is 4.90 Å². The first-order valence-corrected chi connectivity index (χ1v) is 11.2. The molecule has 2 aromatic heterocycles. The van der Waals surface area contributed by atoms with E-state index in [-0.39, 0.29) is 5.91 Å². The van der Waals surface area contributed by atoms with Crippen LogP contribution in [0, 0.1) is 0 Å². The Morgan fingerprint density at radius 2 is 1.82 bits per heavy atom. The Hall–Kier alpha value is -3.11. The Labute approximate surface area is 191 Å². The lowest BCUT2D eigenvalue weighted by atomic mass is 9.73. The molecule has 1 saturated heterocycles. The molecule has 1 aromatic carbocycles. The Balaban J connectivity index is 0.000000325. The number of halogens is 3. The van der Waals surface area contributed by atoms with Gasteiger partial charge in [0.1, 0.15) is 5.76 Å². The molecule has 1 amide bonds. The molecular weight excluding hydrogens is 457 g/mol. The summed E-state index contributed by atoms with van der Waals surface area (Å²) < 4.78 is 37.2. The van der Waals surface area contributed by atoms with Gasteiger partial charge >= 0.3 is 12.1 Å². The molecule has 0 atom stereocenters. The van der Waals surface area contributed by atoms with Gasteiger partial charge in [0.2, 0.25) is 5.91 Å². The third-order valence-corrected chi connectivity index (χ3v) is 6.62. The van der Waals surface area contributed by atoms with E-state index in [2.05, 4.69) is 28.5 Å². The summed E-state index contributed by atoms with van der Waals surface area (Å²) in [5.74, 6) is -1.54. The van der Waals surface area contributed by atoms with Crippen LogP contribution in [0.5, 0.6) is 0 Å².